The van der Waals surface area contributed by atoms with Crippen molar-refractivity contribution in [3.8, 4) is 5.75 Å². The predicted octanol–water partition coefficient (Wildman–Crippen LogP) is 4.98. The van der Waals surface area contributed by atoms with Crippen LogP contribution < -0.4 is 4.74 Å². The van der Waals surface area contributed by atoms with Crippen LogP contribution in [0.4, 0.5) is 0 Å². The molecule has 0 spiro atoms. The highest BCUT2D eigenvalue weighted by Crippen LogP contribution is 2.32. The normalized spacial score (nSPS) is 11.4. The maximum atomic E-state index is 6.28. The number of aromatic nitrogens is 2. The molecule has 0 aliphatic rings. The number of H-pyrrole nitrogens is 1. The summed E-state index contributed by atoms with van der Waals surface area (Å²) in [5.74, 6) is 1.16. The van der Waals surface area contributed by atoms with E-state index >= 15 is 0 Å². The highest BCUT2D eigenvalue weighted by Gasteiger charge is 2.09. The fourth-order valence-electron chi connectivity index (χ4n) is 2.04. The molecule has 0 saturated heterocycles. The Morgan fingerprint density at radius 2 is 2.20 bits per heavy atom. The van der Waals surface area contributed by atoms with E-state index in [2.05, 4.69) is 29.9 Å². The van der Waals surface area contributed by atoms with E-state index in [9.17, 15) is 0 Å². The van der Waals surface area contributed by atoms with Crippen LogP contribution in [0.3, 0.4) is 0 Å². The number of halogens is 1. The molecular formula is C15H15ClN2OS. The van der Waals surface area contributed by atoms with Crippen molar-refractivity contribution < 1.29 is 4.74 Å². The Balaban J connectivity index is 1.88. The molecule has 0 amide bonds. The lowest BCUT2D eigenvalue weighted by Crippen LogP contribution is -1.93. The van der Waals surface area contributed by atoms with Gasteiger partial charge in [0.2, 0.25) is 0 Å². The Bertz CT molecular complexity index is 719. The van der Waals surface area contributed by atoms with Crippen molar-refractivity contribution >= 4 is 33.8 Å². The number of benzene rings is 1. The molecule has 5 heteroatoms. The lowest BCUT2D eigenvalue weighted by molar-refractivity contribution is 0.310. The predicted molar refractivity (Wildman–Crippen MR) is 83.8 cm³/mol. The minimum Gasteiger partial charge on any atom is -0.486 e. The zero-order valence-electron chi connectivity index (χ0n) is 11.3. The molecule has 104 valence electrons. The van der Waals surface area contributed by atoms with Gasteiger partial charge in [0.15, 0.2) is 0 Å². The molecule has 3 nitrogen and oxygen atoms in total. The average molecular weight is 307 g/mol. The van der Waals surface area contributed by atoms with Gasteiger partial charge in [-0.25, -0.2) is 0 Å². The lowest BCUT2D eigenvalue weighted by Gasteiger charge is -2.06. The molecule has 1 N–H and O–H groups in total. The highest BCUT2D eigenvalue weighted by molar-refractivity contribution is 7.09. The monoisotopic (exact) mass is 306 g/mol. The van der Waals surface area contributed by atoms with Crippen molar-refractivity contribution in [2.24, 2.45) is 0 Å². The number of nitrogens with zero attached hydrogens (tertiary/aromatic N) is 1. The zero-order chi connectivity index (χ0) is 14.1. The summed E-state index contributed by atoms with van der Waals surface area (Å²) < 4.78 is 5.78. The molecule has 0 saturated carbocycles. The van der Waals surface area contributed by atoms with Crippen LogP contribution in [0.1, 0.15) is 30.3 Å². The standard InChI is InChI=1S/C15H15ClN2OS/c1-9(2)13-4-10-3-12(16)15(5-14(10)18-13)19-7-11-6-17-8-20-11/h3-6,8-9,18H,7H2,1-2H3. The van der Waals surface area contributed by atoms with Crippen LogP contribution >= 0.6 is 22.9 Å². The van der Waals surface area contributed by atoms with Gasteiger partial charge in [0.05, 0.1) is 15.4 Å². The molecular weight excluding hydrogens is 292 g/mol. The van der Waals surface area contributed by atoms with Crippen molar-refractivity contribution in [2.45, 2.75) is 26.4 Å². The Labute approximate surface area is 126 Å². The van der Waals surface area contributed by atoms with E-state index in [-0.39, 0.29) is 0 Å². The molecule has 0 unspecified atom stereocenters. The Morgan fingerprint density at radius 3 is 2.90 bits per heavy atom. The van der Waals surface area contributed by atoms with E-state index in [0.717, 1.165) is 15.8 Å². The molecule has 0 aliphatic heterocycles. The Kier molecular flexibility index (Phi) is 3.68. The maximum absolute atomic E-state index is 6.28. The van der Waals surface area contributed by atoms with Gasteiger partial charge in [-0.3, -0.25) is 4.98 Å². The van der Waals surface area contributed by atoms with Crippen molar-refractivity contribution in [3.05, 3.63) is 45.5 Å². The molecule has 2 aromatic heterocycles. The Hall–Kier alpha value is -1.52. The molecule has 1 aromatic carbocycles. The molecule has 0 bridgehead atoms. The molecule has 0 fully saturated rings. The molecule has 0 atom stereocenters. The van der Waals surface area contributed by atoms with E-state index in [1.54, 1.807) is 16.8 Å². The first kappa shape index (κ1) is 13.5. The lowest BCUT2D eigenvalue weighted by atomic mass is 10.1. The molecule has 20 heavy (non-hydrogen) atoms. The Morgan fingerprint density at radius 1 is 1.35 bits per heavy atom. The van der Waals surface area contributed by atoms with Crippen LogP contribution in [0.25, 0.3) is 10.9 Å². The second kappa shape index (κ2) is 5.46. The van der Waals surface area contributed by atoms with Crippen molar-refractivity contribution in [1.82, 2.24) is 9.97 Å². The fraction of sp³-hybridized carbons (Fsp3) is 0.267. The molecule has 0 aliphatic carbocycles. The van der Waals surface area contributed by atoms with Gasteiger partial charge in [0.25, 0.3) is 0 Å². The van der Waals surface area contributed by atoms with Crippen LogP contribution in [0.15, 0.2) is 29.9 Å². The molecule has 3 aromatic rings. The SMILES string of the molecule is CC(C)c1cc2cc(Cl)c(OCc3cncs3)cc2[nH]1. The summed E-state index contributed by atoms with van der Waals surface area (Å²) in [5, 5.41) is 1.75. The summed E-state index contributed by atoms with van der Waals surface area (Å²) >= 11 is 7.85. The average Bonchev–Trinajstić information content (AvgIpc) is 3.04. The van der Waals surface area contributed by atoms with Crippen LogP contribution in [0.2, 0.25) is 5.02 Å². The summed E-state index contributed by atoms with van der Waals surface area (Å²) in [6.45, 7) is 4.81. The van der Waals surface area contributed by atoms with Crippen LogP contribution in [-0.2, 0) is 6.61 Å². The number of fused-ring (bicyclic) bond motifs is 1. The highest BCUT2D eigenvalue weighted by atomic mass is 35.5. The summed E-state index contributed by atoms with van der Waals surface area (Å²) in [4.78, 5) is 8.52. The number of ether oxygens (including phenoxy) is 1. The number of nitrogens with one attached hydrogen (secondary N) is 1. The van der Waals surface area contributed by atoms with Gasteiger partial charge in [-0.15, -0.1) is 11.3 Å². The third-order valence-electron chi connectivity index (χ3n) is 3.17. The van der Waals surface area contributed by atoms with E-state index in [4.69, 9.17) is 16.3 Å². The van der Waals surface area contributed by atoms with Crippen LogP contribution in [0.5, 0.6) is 5.75 Å². The molecule has 3 rings (SSSR count). The number of rotatable bonds is 4. The van der Waals surface area contributed by atoms with E-state index < -0.39 is 0 Å². The number of aromatic amines is 1. The number of thiazole rings is 1. The molecule has 0 radical (unpaired) electrons. The zero-order valence-corrected chi connectivity index (χ0v) is 12.9. The first-order valence-corrected chi connectivity index (χ1v) is 7.71. The first-order chi connectivity index (χ1) is 9.63. The minimum absolute atomic E-state index is 0.461. The van der Waals surface area contributed by atoms with Gasteiger partial charge in [0.1, 0.15) is 12.4 Å². The number of hydrogen-bond donors (Lipinski definition) is 1. The first-order valence-electron chi connectivity index (χ1n) is 6.46. The van der Waals surface area contributed by atoms with Gasteiger partial charge in [-0.2, -0.15) is 0 Å². The topological polar surface area (TPSA) is 37.9 Å². The van der Waals surface area contributed by atoms with Crippen molar-refractivity contribution in [3.63, 3.8) is 0 Å². The third kappa shape index (κ3) is 2.67. The van der Waals surface area contributed by atoms with Crippen molar-refractivity contribution in [2.75, 3.05) is 0 Å². The van der Waals surface area contributed by atoms with E-state index in [1.807, 2.05) is 18.3 Å². The summed E-state index contributed by atoms with van der Waals surface area (Å²) in [6.07, 6.45) is 1.81. The summed E-state index contributed by atoms with van der Waals surface area (Å²) in [7, 11) is 0. The summed E-state index contributed by atoms with van der Waals surface area (Å²) in [6, 6.07) is 6.05. The smallest absolute Gasteiger partial charge is 0.140 e. The van der Waals surface area contributed by atoms with E-state index in [1.165, 1.54) is 5.69 Å². The van der Waals surface area contributed by atoms with Gasteiger partial charge < -0.3 is 9.72 Å². The van der Waals surface area contributed by atoms with Gasteiger partial charge in [0, 0.05) is 28.9 Å². The molecule has 2 heterocycles. The van der Waals surface area contributed by atoms with Crippen LogP contribution in [-0.4, -0.2) is 9.97 Å². The minimum atomic E-state index is 0.461. The largest absolute Gasteiger partial charge is 0.486 e. The van der Waals surface area contributed by atoms with E-state index in [0.29, 0.717) is 23.3 Å². The summed E-state index contributed by atoms with van der Waals surface area (Å²) in [5.41, 5.74) is 4.05. The number of hydrogen-bond acceptors (Lipinski definition) is 3. The second-order valence-corrected chi connectivity index (χ2v) is 6.38. The van der Waals surface area contributed by atoms with Gasteiger partial charge in [-0.05, 0) is 18.1 Å². The fourth-order valence-corrected chi connectivity index (χ4v) is 2.77. The quantitative estimate of drug-likeness (QED) is 0.738. The van der Waals surface area contributed by atoms with Crippen molar-refractivity contribution in [1.29, 1.82) is 0 Å². The van der Waals surface area contributed by atoms with Crippen LogP contribution in [0, 0.1) is 0 Å². The van der Waals surface area contributed by atoms with Gasteiger partial charge in [-0.1, -0.05) is 25.4 Å². The second-order valence-electron chi connectivity index (χ2n) is 5.01. The third-order valence-corrected chi connectivity index (χ3v) is 4.22. The van der Waals surface area contributed by atoms with Gasteiger partial charge >= 0.3 is 0 Å². The maximum Gasteiger partial charge on any atom is 0.140 e.